The molecular formula is C14H19NO. The van der Waals surface area contributed by atoms with Gasteiger partial charge in [0.05, 0.1) is 6.61 Å². The van der Waals surface area contributed by atoms with Crippen LogP contribution in [0.4, 0.5) is 0 Å². The Labute approximate surface area is 97.3 Å². The summed E-state index contributed by atoms with van der Waals surface area (Å²) >= 11 is 0. The second-order valence-corrected chi connectivity index (χ2v) is 4.47. The van der Waals surface area contributed by atoms with Gasteiger partial charge in [0, 0.05) is 12.5 Å². The van der Waals surface area contributed by atoms with E-state index in [0.717, 1.165) is 25.2 Å². The summed E-state index contributed by atoms with van der Waals surface area (Å²) in [6.07, 6.45) is 2.02. The van der Waals surface area contributed by atoms with Gasteiger partial charge < -0.3 is 10.1 Å². The van der Waals surface area contributed by atoms with Crippen LogP contribution in [-0.4, -0.2) is 13.7 Å². The first-order valence-corrected chi connectivity index (χ1v) is 5.78. The zero-order valence-corrected chi connectivity index (χ0v) is 10.0. The van der Waals surface area contributed by atoms with E-state index in [2.05, 4.69) is 37.0 Å². The molecule has 1 aliphatic rings. The molecule has 0 radical (unpaired) electrons. The van der Waals surface area contributed by atoms with Crippen LogP contribution in [0.15, 0.2) is 30.4 Å². The van der Waals surface area contributed by atoms with Crippen LogP contribution in [0.25, 0.3) is 0 Å². The van der Waals surface area contributed by atoms with E-state index in [0.29, 0.717) is 6.04 Å². The highest BCUT2D eigenvalue weighted by Crippen LogP contribution is 2.29. The summed E-state index contributed by atoms with van der Waals surface area (Å²) in [4.78, 5) is 0. The van der Waals surface area contributed by atoms with E-state index in [1.165, 1.54) is 16.7 Å². The third-order valence-electron chi connectivity index (χ3n) is 3.02. The monoisotopic (exact) mass is 217 g/mol. The van der Waals surface area contributed by atoms with E-state index in [1.807, 2.05) is 7.05 Å². The van der Waals surface area contributed by atoms with Gasteiger partial charge in [-0.2, -0.15) is 0 Å². The molecule has 1 aliphatic heterocycles. The molecule has 1 aromatic carbocycles. The number of nitrogens with one attached hydrogen (secondary N) is 1. The fourth-order valence-corrected chi connectivity index (χ4v) is 2.16. The Hall–Kier alpha value is -1.28. The number of hydrogen-bond donors (Lipinski definition) is 1. The lowest BCUT2D eigenvalue weighted by atomic mass is 9.98. The van der Waals surface area contributed by atoms with Crippen molar-refractivity contribution in [3.05, 3.63) is 41.5 Å². The van der Waals surface area contributed by atoms with Crippen molar-refractivity contribution in [2.75, 3.05) is 13.7 Å². The summed E-state index contributed by atoms with van der Waals surface area (Å²) in [5.41, 5.74) is 3.87. The second-order valence-electron chi connectivity index (χ2n) is 4.47. The van der Waals surface area contributed by atoms with Crippen LogP contribution in [0.2, 0.25) is 0 Å². The first-order chi connectivity index (χ1) is 7.70. The largest absolute Gasteiger partial charge is 0.493 e. The standard InChI is InChI=1S/C14H19NO/c1-10(2)8-13(15-3)11-4-5-14-12(9-11)6-7-16-14/h4-5,9,13,15H,1,6-8H2,2-3H3. The lowest BCUT2D eigenvalue weighted by molar-refractivity contribution is 0.356. The Kier molecular flexibility index (Phi) is 3.30. The predicted octanol–water partition coefficient (Wildman–Crippen LogP) is 2.85. The summed E-state index contributed by atoms with van der Waals surface area (Å²) in [6.45, 7) is 6.87. The van der Waals surface area contributed by atoms with Crippen molar-refractivity contribution in [1.29, 1.82) is 0 Å². The molecule has 0 saturated carbocycles. The van der Waals surface area contributed by atoms with Gasteiger partial charge in [0.2, 0.25) is 0 Å². The van der Waals surface area contributed by atoms with Crippen LogP contribution in [-0.2, 0) is 6.42 Å². The molecule has 2 rings (SSSR count). The van der Waals surface area contributed by atoms with Crippen LogP contribution in [0, 0.1) is 0 Å². The summed E-state index contributed by atoms with van der Waals surface area (Å²) in [5.74, 6) is 1.05. The fraction of sp³-hybridized carbons (Fsp3) is 0.429. The van der Waals surface area contributed by atoms with E-state index in [4.69, 9.17) is 4.74 Å². The molecule has 2 heteroatoms. The number of benzene rings is 1. The maximum atomic E-state index is 5.51. The molecule has 1 atom stereocenters. The maximum Gasteiger partial charge on any atom is 0.122 e. The first-order valence-electron chi connectivity index (χ1n) is 5.78. The lowest BCUT2D eigenvalue weighted by Gasteiger charge is -2.17. The Morgan fingerprint density at radius 1 is 1.56 bits per heavy atom. The summed E-state index contributed by atoms with van der Waals surface area (Å²) < 4.78 is 5.51. The van der Waals surface area contributed by atoms with E-state index in [-0.39, 0.29) is 0 Å². The SMILES string of the molecule is C=C(C)CC(NC)c1ccc2c(c1)CCO2. The van der Waals surface area contributed by atoms with Gasteiger partial charge in [-0.15, -0.1) is 6.58 Å². The molecule has 86 valence electrons. The van der Waals surface area contributed by atoms with Gasteiger partial charge in [-0.05, 0) is 37.6 Å². The second kappa shape index (κ2) is 4.71. The van der Waals surface area contributed by atoms with Crippen molar-refractivity contribution in [1.82, 2.24) is 5.32 Å². The average Bonchev–Trinajstić information content (AvgIpc) is 2.72. The van der Waals surface area contributed by atoms with Crippen molar-refractivity contribution in [2.45, 2.75) is 25.8 Å². The van der Waals surface area contributed by atoms with E-state index < -0.39 is 0 Å². The van der Waals surface area contributed by atoms with Gasteiger partial charge in [-0.3, -0.25) is 0 Å². The fourth-order valence-electron chi connectivity index (χ4n) is 2.16. The average molecular weight is 217 g/mol. The van der Waals surface area contributed by atoms with Crippen molar-refractivity contribution >= 4 is 0 Å². The Morgan fingerprint density at radius 2 is 2.38 bits per heavy atom. The molecule has 0 amide bonds. The van der Waals surface area contributed by atoms with Crippen molar-refractivity contribution in [3.8, 4) is 5.75 Å². The van der Waals surface area contributed by atoms with Gasteiger partial charge in [0.1, 0.15) is 5.75 Å². The normalized spacial score (nSPS) is 15.4. The third-order valence-corrected chi connectivity index (χ3v) is 3.02. The molecule has 16 heavy (non-hydrogen) atoms. The highest BCUT2D eigenvalue weighted by molar-refractivity contribution is 5.41. The van der Waals surface area contributed by atoms with Gasteiger partial charge in [-0.1, -0.05) is 17.7 Å². The van der Waals surface area contributed by atoms with E-state index in [9.17, 15) is 0 Å². The molecule has 0 saturated heterocycles. The van der Waals surface area contributed by atoms with Crippen LogP contribution in [0.5, 0.6) is 5.75 Å². The van der Waals surface area contributed by atoms with Crippen LogP contribution in [0.1, 0.15) is 30.5 Å². The molecule has 0 spiro atoms. The van der Waals surface area contributed by atoms with E-state index >= 15 is 0 Å². The van der Waals surface area contributed by atoms with Crippen molar-refractivity contribution < 1.29 is 4.74 Å². The zero-order chi connectivity index (χ0) is 11.5. The van der Waals surface area contributed by atoms with Crippen molar-refractivity contribution in [2.24, 2.45) is 0 Å². The predicted molar refractivity (Wildman–Crippen MR) is 66.9 cm³/mol. The van der Waals surface area contributed by atoms with Crippen molar-refractivity contribution in [3.63, 3.8) is 0 Å². The number of hydrogen-bond acceptors (Lipinski definition) is 2. The number of fused-ring (bicyclic) bond motifs is 1. The molecule has 0 fully saturated rings. The van der Waals surface area contributed by atoms with E-state index in [1.54, 1.807) is 0 Å². The lowest BCUT2D eigenvalue weighted by Crippen LogP contribution is -2.16. The quantitative estimate of drug-likeness (QED) is 0.783. The van der Waals surface area contributed by atoms with Crippen LogP contribution in [0.3, 0.4) is 0 Å². The Balaban J connectivity index is 2.21. The molecule has 2 nitrogen and oxygen atoms in total. The van der Waals surface area contributed by atoms with Gasteiger partial charge in [0.15, 0.2) is 0 Å². The molecule has 0 aliphatic carbocycles. The molecule has 1 unspecified atom stereocenters. The summed E-state index contributed by atoms with van der Waals surface area (Å²) in [5, 5.41) is 3.34. The first kappa shape index (κ1) is 11.2. The van der Waals surface area contributed by atoms with Crippen LogP contribution < -0.4 is 10.1 Å². The molecule has 1 aromatic rings. The highest BCUT2D eigenvalue weighted by atomic mass is 16.5. The number of rotatable bonds is 4. The molecule has 1 heterocycles. The zero-order valence-electron chi connectivity index (χ0n) is 10.0. The van der Waals surface area contributed by atoms with Crippen LogP contribution >= 0.6 is 0 Å². The highest BCUT2D eigenvalue weighted by Gasteiger charge is 2.15. The Morgan fingerprint density at radius 3 is 3.06 bits per heavy atom. The minimum absolute atomic E-state index is 0.364. The smallest absolute Gasteiger partial charge is 0.122 e. The summed E-state index contributed by atoms with van der Waals surface area (Å²) in [7, 11) is 2.00. The molecule has 1 N–H and O–H groups in total. The minimum atomic E-state index is 0.364. The molecule has 0 bridgehead atoms. The summed E-state index contributed by atoms with van der Waals surface area (Å²) in [6, 6.07) is 6.85. The topological polar surface area (TPSA) is 21.3 Å². The molecular weight excluding hydrogens is 198 g/mol. The third kappa shape index (κ3) is 2.27. The van der Waals surface area contributed by atoms with Gasteiger partial charge >= 0.3 is 0 Å². The molecule has 0 aromatic heterocycles. The van der Waals surface area contributed by atoms with Gasteiger partial charge in [0.25, 0.3) is 0 Å². The number of ether oxygens (including phenoxy) is 1. The minimum Gasteiger partial charge on any atom is -0.493 e. The Bertz CT molecular complexity index is 398. The maximum absolute atomic E-state index is 5.51. The van der Waals surface area contributed by atoms with Gasteiger partial charge in [-0.25, -0.2) is 0 Å².